The molecule has 5 aliphatic rings. The molecule has 0 spiro atoms. The highest BCUT2D eigenvalue weighted by atomic mass is 16.6. The van der Waals surface area contributed by atoms with Crippen LogP contribution in [0.4, 0.5) is 0 Å². The lowest BCUT2D eigenvalue weighted by molar-refractivity contribution is -0.251. The van der Waals surface area contributed by atoms with Gasteiger partial charge in [0.15, 0.2) is 0 Å². The van der Waals surface area contributed by atoms with Gasteiger partial charge in [-0.1, -0.05) is 38.5 Å². The fourth-order valence-corrected chi connectivity index (χ4v) is 10.2. The smallest absolute Gasteiger partial charge is 0.333 e. The van der Waals surface area contributed by atoms with Gasteiger partial charge in [0.05, 0.1) is 44.6 Å². The topological polar surface area (TPSA) is 111 Å². The fourth-order valence-electron chi connectivity index (χ4n) is 10.2. The molecule has 11 atom stereocenters. The van der Waals surface area contributed by atoms with Crippen LogP contribution in [-0.2, 0) is 38.1 Å². The Hall–Kier alpha value is -3.17. The van der Waals surface area contributed by atoms with E-state index in [1.807, 2.05) is 6.07 Å². The van der Waals surface area contributed by atoms with Crippen molar-refractivity contribution in [2.24, 2.45) is 28.1 Å². The second-order valence-corrected chi connectivity index (χ2v) is 14.7. The summed E-state index contributed by atoms with van der Waals surface area (Å²) >= 11 is 0. The average Bonchev–Trinajstić information content (AvgIpc) is 3.81. The third kappa shape index (κ3) is 4.51. The number of carbonyl (C=O) groups is 3. The summed E-state index contributed by atoms with van der Waals surface area (Å²) in [5.74, 6) is -1.62. The Balaban J connectivity index is 1.53. The van der Waals surface area contributed by atoms with Crippen LogP contribution >= 0.6 is 0 Å². The maximum absolute atomic E-state index is 13.5. The summed E-state index contributed by atoms with van der Waals surface area (Å²) in [6, 6.07) is 2.00. The number of rotatable bonds is 7. The van der Waals surface area contributed by atoms with Gasteiger partial charge in [-0.15, -0.1) is 0 Å². The van der Waals surface area contributed by atoms with Crippen LogP contribution in [0.25, 0.3) is 0 Å². The van der Waals surface area contributed by atoms with E-state index >= 15 is 0 Å². The van der Waals surface area contributed by atoms with Crippen LogP contribution in [0.3, 0.4) is 0 Å². The molecular weight excluding hydrogens is 588 g/mol. The largest absolute Gasteiger partial charge is 0.472 e. The minimum absolute atomic E-state index is 0.112. The molecule has 0 amide bonds. The molecule has 0 N–H and O–H groups in total. The van der Waals surface area contributed by atoms with Gasteiger partial charge >= 0.3 is 17.9 Å². The van der Waals surface area contributed by atoms with Crippen molar-refractivity contribution in [2.75, 3.05) is 13.7 Å². The van der Waals surface area contributed by atoms with E-state index in [1.54, 1.807) is 52.4 Å². The molecule has 1 aromatic heterocycles. The summed E-state index contributed by atoms with van der Waals surface area (Å²) < 4.78 is 37.3. The van der Waals surface area contributed by atoms with Gasteiger partial charge in [0.1, 0.15) is 12.2 Å². The third-order valence-electron chi connectivity index (χ3n) is 12.7. The highest BCUT2D eigenvalue weighted by Gasteiger charge is 2.78. The summed E-state index contributed by atoms with van der Waals surface area (Å²) in [6.07, 6.45) is 5.95. The Bertz CT molecular complexity index is 1500. The predicted molar refractivity (Wildman–Crippen MR) is 168 cm³/mol. The van der Waals surface area contributed by atoms with Crippen molar-refractivity contribution < 1.29 is 42.5 Å². The first-order valence-electron chi connectivity index (χ1n) is 16.5. The minimum Gasteiger partial charge on any atom is -0.472 e. The molecule has 4 fully saturated rings. The monoisotopic (exact) mass is 636 g/mol. The first-order chi connectivity index (χ1) is 21.8. The van der Waals surface area contributed by atoms with Gasteiger partial charge in [0.25, 0.3) is 0 Å². The molecule has 3 heterocycles. The summed E-state index contributed by atoms with van der Waals surface area (Å²) in [5.41, 5.74) is 2.49. The molecule has 6 rings (SSSR count). The summed E-state index contributed by atoms with van der Waals surface area (Å²) in [6.45, 7) is 16.0. The normalized spacial score (nSPS) is 41.5. The maximum atomic E-state index is 13.5. The zero-order valence-electron chi connectivity index (χ0n) is 28.5. The van der Waals surface area contributed by atoms with Crippen molar-refractivity contribution >= 4 is 17.9 Å². The third-order valence-corrected chi connectivity index (χ3v) is 12.7. The van der Waals surface area contributed by atoms with Gasteiger partial charge in [0.2, 0.25) is 0 Å². The molecule has 9 heteroatoms. The highest BCUT2D eigenvalue weighted by Crippen LogP contribution is 2.74. The van der Waals surface area contributed by atoms with Crippen molar-refractivity contribution in [3.8, 4) is 0 Å². The van der Waals surface area contributed by atoms with Crippen LogP contribution in [0.1, 0.15) is 86.1 Å². The lowest BCUT2D eigenvalue weighted by Gasteiger charge is -2.65. The Kier molecular flexibility index (Phi) is 8.20. The van der Waals surface area contributed by atoms with E-state index in [4.69, 9.17) is 28.1 Å². The molecule has 2 saturated heterocycles. The molecule has 250 valence electrons. The Morgan fingerprint density at radius 1 is 1.00 bits per heavy atom. The fraction of sp³-hybridized carbons (Fsp3) is 0.649. The van der Waals surface area contributed by atoms with Crippen LogP contribution in [-0.4, -0.2) is 62.1 Å². The number of methoxy groups -OCH3 is 1. The van der Waals surface area contributed by atoms with E-state index in [-0.39, 0.29) is 54.9 Å². The van der Waals surface area contributed by atoms with Crippen LogP contribution in [0.2, 0.25) is 0 Å². The quantitative estimate of drug-likeness (QED) is 0.149. The molecule has 1 aromatic rings. The van der Waals surface area contributed by atoms with Crippen molar-refractivity contribution in [3.05, 3.63) is 58.6 Å². The predicted octanol–water partition coefficient (Wildman–Crippen LogP) is 6.24. The van der Waals surface area contributed by atoms with E-state index in [0.717, 1.165) is 12.0 Å². The number of hydrogen-bond donors (Lipinski definition) is 0. The number of carbonyl (C=O) groups excluding carboxylic acids is 3. The molecular formula is C37H48O9. The number of ether oxygens (including phenoxy) is 5. The van der Waals surface area contributed by atoms with Crippen LogP contribution in [0, 0.1) is 28.1 Å². The first kappa shape index (κ1) is 32.8. The minimum atomic E-state index is -0.767. The molecule has 0 radical (unpaired) electrons. The van der Waals surface area contributed by atoms with Crippen molar-refractivity contribution in [1.82, 2.24) is 0 Å². The van der Waals surface area contributed by atoms with Crippen molar-refractivity contribution in [2.45, 2.75) is 111 Å². The first-order valence-corrected chi connectivity index (χ1v) is 16.5. The van der Waals surface area contributed by atoms with E-state index in [0.29, 0.717) is 17.8 Å². The van der Waals surface area contributed by atoms with Crippen molar-refractivity contribution in [1.29, 1.82) is 0 Å². The SMILES string of the molecule is CC=C(C)C(=O)O[C@H]1C[C@@H](OC(=O)C(C)=CC)[C@@]2(C)CO[C@H]3[C@H]4O[C@@H]5C[C@@H](c6ccoc6)C(C)=C5[C@@]4(C)[C@H](CC(=O)OC)[C@]1(C)[C@@H]32. The lowest BCUT2D eigenvalue weighted by atomic mass is 9.40. The summed E-state index contributed by atoms with van der Waals surface area (Å²) in [7, 11) is 1.41. The molecule has 0 bridgehead atoms. The molecule has 9 nitrogen and oxygen atoms in total. The molecule has 2 aliphatic heterocycles. The van der Waals surface area contributed by atoms with Crippen LogP contribution < -0.4 is 0 Å². The van der Waals surface area contributed by atoms with Crippen molar-refractivity contribution in [3.63, 3.8) is 0 Å². The summed E-state index contributed by atoms with van der Waals surface area (Å²) in [4.78, 5) is 40.1. The van der Waals surface area contributed by atoms with Crippen LogP contribution in [0.5, 0.6) is 0 Å². The van der Waals surface area contributed by atoms with Gasteiger partial charge in [-0.3, -0.25) is 4.79 Å². The second-order valence-electron chi connectivity index (χ2n) is 14.7. The molecule has 3 aliphatic carbocycles. The van der Waals surface area contributed by atoms with E-state index in [2.05, 4.69) is 27.7 Å². The molecule has 46 heavy (non-hydrogen) atoms. The molecule has 0 unspecified atom stereocenters. The van der Waals surface area contributed by atoms with E-state index in [9.17, 15) is 14.4 Å². The van der Waals surface area contributed by atoms with Gasteiger partial charge in [-0.05, 0) is 64.2 Å². The van der Waals surface area contributed by atoms with E-state index < -0.39 is 40.4 Å². The number of esters is 3. The Labute approximate surface area is 271 Å². The second kappa shape index (κ2) is 11.5. The number of hydrogen-bond acceptors (Lipinski definition) is 9. The van der Waals surface area contributed by atoms with Crippen LogP contribution in [0.15, 0.2) is 57.5 Å². The van der Waals surface area contributed by atoms with Gasteiger partial charge in [0, 0.05) is 52.1 Å². The zero-order chi connectivity index (χ0) is 33.3. The molecule has 2 saturated carbocycles. The van der Waals surface area contributed by atoms with E-state index in [1.165, 1.54) is 18.3 Å². The average molecular weight is 637 g/mol. The Morgan fingerprint density at radius 2 is 1.65 bits per heavy atom. The lowest BCUT2D eigenvalue weighted by Crippen LogP contribution is -2.71. The van der Waals surface area contributed by atoms with Gasteiger partial charge in [-0.25, -0.2) is 9.59 Å². The maximum Gasteiger partial charge on any atom is 0.333 e. The number of allylic oxidation sites excluding steroid dienone is 3. The Morgan fingerprint density at radius 3 is 2.24 bits per heavy atom. The highest BCUT2D eigenvalue weighted by molar-refractivity contribution is 5.88. The number of fused-ring (bicyclic) bond motifs is 4. The van der Waals surface area contributed by atoms with Gasteiger partial charge < -0.3 is 28.1 Å². The zero-order valence-corrected chi connectivity index (χ0v) is 28.5. The van der Waals surface area contributed by atoms with Gasteiger partial charge in [-0.2, -0.15) is 0 Å². The standard InChI is InChI=1S/C37H48O9/c1-10-19(3)33(39)45-26-16-27(46-34(40)20(4)11-2)36(7)25(15-28(38)41-9)37(8)29-21(5)23(22-12-13-42-17-22)14-24(29)44-32(37)30-31(36)35(26,6)18-43-30/h10-13,17,23-27,30-32H,14-16,18H2,1-9H3/t23-,24-,25-,26-,27+,30-,31+,32-,35-,36+,37-/m1/s1. The summed E-state index contributed by atoms with van der Waals surface area (Å²) in [5, 5.41) is 0. The molecule has 0 aromatic carbocycles. The number of furan rings is 1.